The smallest absolute Gasteiger partial charge is 0.338 e. The van der Waals surface area contributed by atoms with Gasteiger partial charge in [-0.3, -0.25) is 0 Å². The third kappa shape index (κ3) is 2.21. The minimum absolute atomic E-state index is 0.282. The zero-order chi connectivity index (χ0) is 13.3. The normalized spacial score (nSPS) is 12.4. The molecule has 0 saturated heterocycles. The minimum atomic E-state index is -1.34. The molecular formula is C11H10FN3O3. The summed E-state index contributed by atoms with van der Waals surface area (Å²) in [7, 11) is 0. The van der Waals surface area contributed by atoms with E-state index >= 15 is 0 Å². The number of aromatic nitrogens is 3. The Bertz CT molecular complexity index is 595. The highest BCUT2D eigenvalue weighted by Gasteiger charge is 2.13. The molecule has 94 valence electrons. The van der Waals surface area contributed by atoms with Gasteiger partial charge in [-0.05, 0) is 19.1 Å². The van der Waals surface area contributed by atoms with Gasteiger partial charge in [-0.1, -0.05) is 0 Å². The highest BCUT2D eigenvalue weighted by atomic mass is 19.1. The molecule has 0 saturated carbocycles. The Labute approximate surface area is 101 Å². The van der Waals surface area contributed by atoms with Crippen LogP contribution in [0.25, 0.3) is 5.69 Å². The Morgan fingerprint density at radius 1 is 1.50 bits per heavy atom. The van der Waals surface area contributed by atoms with Crippen molar-refractivity contribution in [1.29, 1.82) is 0 Å². The number of aliphatic hydroxyl groups excluding tert-OH is 1. The zero-order valence-electron chi connectivity index (χ0n) is 9.41. The Kier molecular flexibility index (Phi) is 3.07. The van der Waals surface area contributed by atoms with E-state index in [-0.39, 0.29) is 5.69 Å². The number of carboxylic acid groups (broad SMARTS) is 1. The van der Waals surface area contributed by atoms with Crippen molar-refractivity contribution in [3.8, 4) is 5.69 Å². The predicted octanol–water partition coefficient (Wildman–Crippen LogP) is 1.16. The van der Waals surface area contributed by atoms with E-state index in [1.807, 2.05) is 0 Å². The summed E-state index contributed by atoms with van der Waals surface area (Å²) >= 11 is 0. The summed E-state index contributed by atoms with van der Waals surface area (Å²) in [6.07, 6.45) is 0.579. The molecule has 6 nitrogen and oxygen atoms in total. The summed E-state index contributed by atoms with van der Waals surface area (Å²) in [6, 6.07) is 3.55. The van der Waals surface area contributed by atoms with Gasteiger partial charge in [-0.15, -0.1) is 0 Å². The molecule has 1 aromatic heterocycles. The molecule has 0 fully saturated rings. The van der Waals surface area contributed by atoms with Gasteiger partial charge in [0.15, 0.2) is 0 Å². The Morgan fingerprint density at radius 3 is 2.72 bits per heavy atom. The number of carbonyl (C=O) groups is 1. The summed E-state index contributed by atoms with van der Waals surface area (Å²) in [4.78, 5) is 11.8. The van der Waals surface area contributed by atoms with Crippen LogP contribution in [0.4, 0.5) is 4.39 Å². The maximum absolute atomic E-state index is 13.5. The summed E-state index contributed by atoms with van der Waals surface area (Å²) in [6.45, 7) is 1.53. The molecule has 7 heteroatoms. The van der Waals surface area contributed by atoms with Crippen LogP contribution in [-0.2, 0) is 0 Å². The third-order valence-electron chi connectivity index (χ3n) is 2.35. The van der Waals surface area contributed by atoms with Crippen LogP contribution in [0.3, 0.4) is 0 Å². The first-order valence-corrected chi connectivity index (χ1v) is 5.12. The molecule has 18 heavy (non-hydrogen) atoms. The molecule has 0 aliphatic carbocycles. The number of halogens is 1. The van der Waals surface area contributed by atoms with E-state index in [1.165, 1.54) is 19.2 Å². The fourth-order valence-electron chi connectivity index (χ4n) is 1.39. The summed E-state index contributed by atoms with van der Waals surface area (Å²) in [5.74, 6) is -2.20. The molecule has 1 unspecified atom stereocenters. The molecule has 0 bridgehead atoms. The fourth-order valence-corrected chi connectivity index (χ4v) is 1.39. The zero-order valence-corrected chi connectivity index (χ0v) is 9.41. The van der Waals surface area contributed by atoms with Crippen LogP contribution in [0.15, 0.2) is 24.4 Å². The van der Waals surface area contributed by atoms with Crippen molar-refractivity contribution in [3.05, 3.63) is 41.5 Å². The van der Waals surface area contributed by atoms with E-state index in [9.17, 15) is 14.3 Å². The van der Waals surface area contributed by atoms with E-state index in [0.29, 0.717) is 5.69 Å². The summed E-state index contributed by atoms with van der Waals surface area (Å²) in [5.41, 5.74) is 0.212. The first-order valence-electron chi connectivity index (χ1n) is 5.12. The van der Waals surface area contributed by atoms with Gasteiger partial charge in [0.25, 0.3) is 0 Å². The fraction of sp³-hybridized carbons (Fsp3) is 0.182. The van der Waals surface area contributed by atoms with Crippen molar-refractivity contribution < 1.29 is 19.4 Å². The second-order valence-electron chi connectivity index (χ2n) is 3.70. The SMILES string of the molecule is CC(O)c1cnn(-c2ccc(C(=O)O)c(F)c2)n1. The van der Waals surface area contributed by atoms with Gasteiger partial charge in [0.05, 0.1) is 23.6 Å². The third-order valence-corrected chi connectivity index (χ3v) is 2.35. The quantitative estimate of drug-likeness (QED) is 0.854. The molecule has 0 aliphatic rings. The monoisotopic (exact) mass is 251 g/mol. The maximum Gasteiger partial charge on any atom is 0.338 e. The lowest BCUT2D eigenvalue weighted by Crippen LogP contribution is -2.05. The van der Waals surface area contributed by atoms with Gasteiger partial charge < -0.3 is 10.2 Å². The average Bonchev–Trinajstić information content (AvgIpc) is 2.77. The predicted molar refractivity (Wildman–Crippen MR) is 58.9 cm³/mol. The number of aliphatic hydroxyl groups is 1. The number of benzene rings is 1. The van der Waals surface area contributed by atoms with E-state index in [2.05, 4.69) is 10.2 Å². The van der Waals surface area contributed by atoms with Crippen molar-refractivity contribution in [1.82, 2.24) is 15.0 Å². The molecule has 1 aromatic carbocycles. The number of carboxylic acids is 1. The average molecular weight is 251 g/mol. The van der Waals surface area contributed by atoms with Gasteiger partial charge in [-0.25, -0.2) is 9.18 Å². The standard InChI is InChI=1S/C11H10FN3O3/c1-6(16)10-5-13-15(14-10)7-2-3-8(11(17)18)9(12)4-7/h2-6,16H,1H3,(H,17,18). The van der Waals surface area contributed by atoms with Crippen LogP contribution in [-0.4, -0.2) is 31.2 Å². The number of hydrogen-bond donors (Lipinski definition) is 2. The lowest BCUT2D eigenvalue weighted by Gasteiger charge is -2.02. The van der Waals surface area contributed by atoms with Gasteiger partial charge >= 0.3 is 5.97 Å². The Morgan fingerprint density at radius 2 is 2.22 bits per heavy atom. The van der Waals surface area contributed by atoms with Crippen molar-refractivity contribution in [3.63, 3.8) is 0 Å². The molecule has 0 radical (unpaired) electrons. The van der Waals surface area contributed by atoms with E-state index < -0.39 is 23.5 Å². The van der Waals surface area contributed by atoms with Crippen molar-refractivity contribution >= 4 is 5.97 Å². The number of rotatable bonds is 3. The molecular weight excluding hydrogens is 241 g/mol. The molecule has 2 aromatic rings. The lowest BCUT2D eigenvalue weighted by atomic mass is 10.2. The van der Waals surface area contributed by atoms with E-state index in [1.54, 1.807) is 0 Å². The largest absolute Gasteiger partial charge is 0.478 e. The minimum Gasteiger partial charge on any atom is -0.478 e. The summed E-state index contributed by atoms with van der Waals surface area (Å²) < 4.78 is 13.5. The van der Waals surface area contributed by atoms with Gasteiger partial charge in [0.2, 0.25) is 0 Å². The van der Waals surface area contributed by atoms with E-state index in [0.717, 1.165) is 16.9 Å². The van der Waals surface area contributed by atoms with Crippen LogP contribution in [0.1, 0.15) is 29.1 Å². The molecule has 0 aliphatic heterocycles. The molecule has 1 heterocycles. The number of aromatic carboxylic acids is 1. The van der Waals surface area contributed by atoms with Crippen molar-refractivity contribution in [2.45, 2.75) is 13.0 Å². The Balaban J connectivity index is 2.39. The Hall–Kier alpha value is -2.28. The van der Waals surface area contributed by atoms with Crippen LogP contribution in [0.2, 0.25) is 0 Å². The van der Waals surface area contributed by atoms with Gasteiger partial charge in [0, 0.05) is 6.07 Å². The number of hydrogen-bond acceptors (Lipinski definition) is 4. The second-order valence-corrected chi connectivity index (χ2v) is 3.70. The maximum atomic E-state index is 13.5. The molecule has 0 amide bonds. The highest BCUT2D eigenvalue weighted by Crippen LogP contribution is 2.14. The van der Waals surface area contributed by atoms with Crippen LogP contribution >= 0.6 is 0 Å². The summed E-state index contributed by atoms with van der Waals surface area (Å²) in [5, 5.41) is 25.8. The van der Waals surface area contributed by atoms with Gasteiger partial charge in [-0.2, -0.15) is 15.0 Å². The van der Waals surface area contributed by atoms with Crippen LogP contribution < -0.4 is 0 Å². The molecule has 2 rings (SSSR count). The van der Waals surface area contributed by atoms with E-state index in [4.69, 9.17) is 5.11 Å². The topological polar surface area (TPSA) is 88.2 Å². The van der Waals surface area contributed by atoms with Crippen molar-refractivity contribution in [2.24, 2.45) is 0 Å². The first-order chi connectivity index (χ1) is 8.49. The van der Waals surface area contributed by atoms with Gasteiger partial charge in [0.1, 0.15) is 11.5 Å². The van der Waals surface area contributed by atoms with Crippen molar-refractivity contribution in [2.75, 3.05) is 0 Å². The molecule has 1 atom stereocenters. The van der Waals surface area contributed by atoms with Crippen LogP contribution in [0.5, 0.6) is 0 Å². The molecule has 2 N–H and O–H groups in total. The second kappa shape index (κ2) is 4.53. The lowest BCUT2D eigenvalue weighted by molar-refractivity contribution is 0.0692. The van der Waals surface area contributed by atoms with Crippen LogP contribution in [0, 0.1) is 5.82 Å². The highest BCUT2D eigenvalue weighted by molar-refractivity contribution is 5.88. The number of nitrogens with zero attached hydrogens (tertiary/aromatic N) is 3. The first kappa shape index (κ1) is 12.2. The molecule has 0 spiro atoms.